The topological polar surface area (TPSA) is 38.7 Å². The lowest BCUT2D eigenvalue weighted by Crippen LogP contribution is -2.35. The molecular formula is C12H16O3. The van der Waals surface area contributed by atoms with Crippen LogP contribution in [-0.4, -0.2) is 31.0 Å². The van der Waals surface area contributed by atoms with Crippen molar-refractivity contribution in [3.63, 3.8) is 0 Å². The van der Waals surface area contributed by atoms with Gasteiger partial charge in [-0.1, -0.05) is 24.3 Å². The van der Waals surface area contributed by atoms with Crippen LogP contribution in [0.5, 0.6) is 0 Å². The van der Waals surface area contributed by atoms with E-state index >= 15 is 0 Å². The Kier molecular flexibility index (Phi) is 3.23. The zero-order valence-corrected chi connectivity index (χ0v) is 8.80. The van der Waals surface area contributed by atoms with Crippen LogP contribution >= 0.6 is 0 Å². The Morgan fingerprint density at radius 2 is 2.33 bits per heavy atom. The Labute approximate surface area is 89.7 Å². The minimum absolute atomic E-state index is 0.239. The maximum absolute atomic E-state index is 9.75. The van der Waals surface area contributed by atoms with Crippen molar-refractivity contribution in [3.05, 3.63) is 36.1 Å². The summed E-state index contributed by atoms with van der Waals surface area (Å²) in [5.74, 6) is 1.12. The molecule has 0 spiro atoms. The highest BCUT2D eigenvalue weighted by atomic mass is 16.5. The van der Waals surface area contributed by atoms with Crippen molar-refractivity contribution in [1.82, 2.24) is 0 Å². The smallest absolute Gasteiger partial charge is 0.121 e. The Hall–Kier alpha value is -1.06. The van der Waals surface area contributed by atoms with E-state index in [2.05, 4.69) is 12.2 Å². The molecule has 82 valence electrons. The number of aliphatic hydroxyl groups excluding tert-OH is 1. The van der Waals surface area contributed by atoms with E-state index in [4.69, 9.17) is 9.47 Å². The fraction of sp³-hybridized carbons (Fsp3) is 0.500. The summed E-state index contributed by atoms with van der Waals surface area (Å²) in [6.45, 7) is 0.428. The van der Waals surface area contributed by atoms with Gasteiger partial charge in [0.05, 0.1) is 0 Å². The van der Waals surface area contributed by atoms with Crippen LogP contribution in [0.1, 0.15) is 6.42 Å². The van der Waals surface area contributed by atoms with Gasteiger partial charge in [0.25, 0.3) is 0 Å². The second kappa shape index (κ2) is 4.64. The van der Waals surface area contributed by atoms with Crippen LogP contribution in [0, 0.1) is 5.92 Å². The lowest BCUT2D eigenvalue weighted by molar-refractivity contribution is -0.0491. The second-order valence-corrected chi connectivity index (χ2v) is 3.80. The van der Waals surface area contributed by atoms with Gasteiger partial charge >= 0.3 is 0 Å². The maximum atomic E-state index is 9.75. The summed E-state index contributed by atoms with van der Waals surface area (Å²) < 4.78 is 10.7. The van der Waals surface area contributed by atoms with Crippen molar-refractivity contribution in [3.8, 4) is 0 Å². The van der Waals surface area contributed by atoms with Crippen LogP contribution in [0.25, 0.3) is 0 Å². The molecule has 15 heavy (non-hydrogen) atoms. The van der Waals surface area contributed by atoms with Crippen molar-refractivity contribution in [2.75, 3.05) is 13.7 Å². The number of aliphatic hydroxyl groups is 1. The number of methoxy groups -OCH3 is 1. The molecule has 1 aliphatic carbocycles. The Morgan fingerprint density at radius 1 is 1.47 bits per heavy atom. The molecule has 1 N–H and O–H groups in total. The molecule has 0 aromatic carbocycles. The minimum atomic E-state index is -0.557. The first-order valence-electron chi connectivity index (χ1n) is 5.20. The predicted molar refractivity (Wildman–Crippen MR) is 57.2 cm³/mol. The van der Waals surface area contributed by atoms with Gasteiger partial charge in [0.1, 0.15) is 24.6 Å². The van der Waals surface area contributed by atoms with E-state index in [0.717, 1.165) is 12.2 Å². The first-order chi connectivity index (χ1) is 7.31. The van der Waals surface area contributed by atoms with Crippen LogP contribution in [0.3, 0.4) is 0 Å². The van der Waals surface area contributed by atoms with E-state index in [1.807, 2.05) is 12.2 Å². The molecule has 0 radical (unpaired) electrons. The third-order valence-corrected chi connectivity index (χ3v) is 2.78. The summed E-state index contributed by atoms with van der Waals surface area (Å²) in [5.41, 5.74) is 0. The molecular weight excluding hydrogens is 192 g/mol. The van der Waals surface area contributed by atoms with Crippen molar-refractivity contribution >= 4 is 0 Å². The van der Waals surface area contributed by atoms with Crippen LogP contribution in [0.15, 0.2) is 36.1 Å². The van der Waals surface area contributed by atoms with Gasteiger partial charge in [-0.25, -0.2) is 0 Å². The third kappa shape index (κ3) is 2.30. The molecule has 0 aromatic heterocycles. The summed E-state index contributed by atoms with van der Waals surface area (Å²) in [7, 11) is 1.58. The predicted octanol–water partition coefficient (Wildman–Crippen LogP) is 1.41. The first-order valence-corrected chi connectivity index (χ1v) is 5.20. The number of allylic oxidation sites excluding steroid dienone is 4. The van der Waals surface area contributed by atoms with Crippen molar-refractivity contribution < 1.29 is 14.6 Å². The highest BCUT2D eigenvalue weighted by Crippen LogP contribution is 2.26. The summed E-state index contributed by atoms with van der Waals surface area (Å²) in [4.78, 5) is 0. The van der Waals surface area contributed by atoms with Gasteiger partial charge in [-0.2, -0.15) is 0 Å². The number of rotatable bonds is 2. The quantitative estimate of drug-likeness (QED) is 0.745. The Morgan fingerprint density at radius 3 is 2.93 bits per heavy atom. The molecule has 0 saturated carbocycles. The zero-order chi connectivity index (χ0) is 10.7. The third-order valence-electron chi connectivity index (χ3n) is 2.78. The normalized spacial score (nSPS) is 34.8. The molecule has 0 saturated heterocycles. The SMILES string of the molecule is COC1COC(C2C=CC=CC2)=CC1O. The van der Waals surface area contributed by atoms with Crippen molar-refractivity contribution in [2.24, 2.45) is 5.92 Å². The van der Waals surface area contributed by atoms with Gasteiger partial charge in [0.2, 0.25) is 0 Å². The van der Waals surface area contributed by atoms with Crippen LogP contribution in [0.2, 0.25) is 0 Å². The molecule has 3 unspecified atom stereocenters. The molecule has 0 fully saturated rings. The number of hydrogen-bond acceptors (Lipinski definition) is 3. The molecule has 3 nitrogen and oxygen atoms in total. The zero-order valence-electron chi connectivity index (χ0n) is 8.80. The van der Waals surface area contributed by atoms with Gasteiger partial charge in [-0.15, -0.1) is 0 Å². The first kappa shape index (κ1) is 10.5. The summed E-state index contributed by atoms with van der Waals surface area (Å²) in [5, 5.41) is 9.75. The van der Waals surface area contributed by atoms with E-state index < -0.39 is 6.10 Å². The van der Waals surface area contributed by atoms with Crippen molar-refractivity contribution in [1.29, 1.82) is 0 Å². The highest BCUT2D eigenvalue weighted by molar-refractivity contribution is 5.20. The molecule has 0 amide bonds. The fourth-order valence-corrected chi connectivity index (χ4v) is 1.83. The number of hydrogen-bond donors (Lipinski definition) is 1. The average molecular weight is 208 g/mol. The Balaban J connectivity index is 2.05. The lowest BCUT2D eigenvalue weighted by Gasteiger charge is -2.29. The van der Waals surface area contributed by atoms with E-state index in [1.165, 1.54) is 0 Å². The summed E-state index contributed by atoms with van der Waals surface area (Å²) in [6, 6.07) is 0. The summed E-state index contributed by atoms with van der Waals surface area (Å²) >= 11 is 0. The number of ether oxygens (including phenoxy) is 2. The van der Waals surface area contributed by atoms with Crippen molar-refractivity contribution in [2.45, 2.75) is 18.6 Å². The van der Waals surface area contributed by atoms with Gasteiger partial charge < -0.3 is 14.6 Å². The van der Waals surface area contributed by atoms with E-state index in [9.17, 15) is 5.11 Å². The van der Waals surface area contributed by atoms with Crippen LogP contribution in [-0.2, 0) is 9.47 Å². The molecule has 3 heteroatoms. The standard InChI is InChI=1S/C12H16O3/c1-14-12-8-15-11(7-10(12)13)9-5-3-2-4-6-9/h2-5,7,9-10,12-13H,6,8H2,1H3. The summed E-state index contributed by atoms with van der Waals surface area (Å²) in [6.07, 6.45) is 10.1. The van der Waals surface area contributed by atoms with Crippen LogP contribution < -0.4 is 0 Å². The molecule has 2 rings (SSSR count). The maximum Gasteiger partial charge on any atom is 0.121 e. The van der Waals surface area contributed by atoms with Gasteiger partial charge in [0.15, 0.2) is 0 Å². The van der Waals surface area contributed by atoms with Gasteiger partial charge in [-0.05, 0) is 12.5 Å². The van der Waals surface area contributed by atoms with E-state index in [1.54, 1.807) is 13.2 Å². The fourth-order valence-electron chi connectivity index (χ4n) is 1.83. The molecule has 1 heterocycles. The lowest BCUT2D eigenvalue weighted by atomic mass is 9.96. The van der Waals surface area contributed by atoms with Gasteiger partial charge in [-0.3, -0.25) is 0 Å². The molecule has 1 aliphatic heterocycles. The molecule has 2 aliphatic rings. The minimum Gasteiger partial charge on any atom is -0.495 e. The molecule has 3 atom stereocenters. The average Bonchev–Trinajstić information content (AvgIpc) is 2.30. The van der Waals surface area contributed by atoms with Gasteiger partial charge in [0, 0.05) is 13.0 Å². The van der Waals surface area contributed by atoms with E-state index in [-0.39, 0.29) is 12.0 Å². The Bertz CT molecular complexity index is 304. The monoisotopic (exact) mass is 208 g/mol. The van der Waals surface area contributed by atoms with Crippen LogP contribution in [0.4, 0.5) is 0 Å². The van der Waals surface area contributed by atoms with E-state index in [0.29, 0.717) is 6.61 Å². The molecule has 0 aromatic rings. The highest BCUT2D eigenvalue weighted by Gasteiger charge is 2.26. The largest absolute Gasteiger partial charge is 0.495 e. The second-order valence-electron chi connectivity index (χ2n) is 3.80. The molecule has 0 bridgehead atoms.